The summed E-state index contributed by atoms with van der Waals surface area (Å²) in [6.45, 7) is 0. The molecule has 0 unspecified atom stereocenters. The molecule has 0 radical (unpaired) electrons. The summed E-state index contributed by atoms with van der Waals surface area (Å²) in [5.41, 5.74) is 0. The normalized spacial score (nSPS) is 2.53. The van der Waals surface area contributed by atoms with Gasteiger partial charge in [-0.25, -0.2) is 0 Å². The van der Waals surface area contributed by atoms with Gasteiger partial charge in [-0.15, -0.1) is 0 Å². The van der Waals surface area contributed by atoms with Crippen molar-refractivity contribution in [2.24, 2.45) is 0 Å². The van der Waals surface area contributed by atoms with Crippen LogP contribution in [0.15, 0.2) is 0 Å². The van der Waals surface area contributed by atoms with Crippen molar-refractivity contribution in [3.8, 4) is 0 Å². The van der Waals surface area contributed by atoms with Gasteiger partial charge in [-0.05, 0) is 0 Å². The summed E-state index contributed by atoms with van der Waals surface area (Å²) >= 11 is -10.5. The van der Waals surface area contributed by atoms with Gasteiger partial charge in [0.25, 0.3) is 0 Å². The summed E-state index contributed by atoms with van der Waals surface area (Å²) in [5.74, 6) is 0. The third kappa shape index (κ3) is 1850. The number of hydrogen-bond donors (Lipinski definition) is 0. The monoisotopic (exact) mass is 592 g/mol. The van der Waals surface area contributed by atoms with Crippen LogP contribution in [0.5, 0.6) is 0 Å². The van der Waals surface area contributed by atoms with Gasteiger partial charge >= 0.3 is 141 Å². The maximum atomic E-state index is 8.46. The summed E-state index contributed by atoms with van der Waals surface area (Å²) < 4.78 is 101. The minimum atomic E-state index is -1.75. The van der Waals surface area contributed by atoms with Crippen molar-refractivity contribution in [2.75, 3.05) is 0 Å². The van der Waals surface area contributed by atoms with E-state index < -0.39 is 92.9 Å². The van der Waals surface area contributed by atoms with E-state index in [0.717, 1.165) is 0 Å². The third-order valence-corrected chi connectivity index (χ3v) is 0. The molecule has 0 spiro atoms. The molecule has 0 aliphatic rings. The van der Waals surface area contributed by atoms with E-state index in [1.165, 1.54) is 0 Å². The van der Waals surface area contributed by atoms with Crippen LogP contribution < -0.4 is 24.9 Å². The molecule has 0 heterocycles. The van der Waals surface area contributed by atoms with Crippen LogP contribution >= 0.6 is 0 Å². The Morgan fingerprint density at radius 3 is 0.368 bits per heavy atom. The molecule has 19 heteroatoms. The largest absolute Gasteiger partial charge is 0 e. The Morgan fingerprint density at radius 2 is 0.368 bits per heavy atom. The summed E-state index contributed by atoms with van der Waals surface area (Å²) in [5, 5.41) is 0. The molecule has 0 rings (SSSR count). The molecule has 0 bridgehead atoms. The fraction of sp³-hybridized carbons (Fsp3) is 0. The standard InChI is InChI=1S/6Al.12O.U/q;;;;;;;;;;;;6*-1;. The zero-order chi connectivity index (χ0) is 16.2. The Labute approximate surface area is 169 Å². The van der Waals surface area contributed by atoms with Gasteiger partial charge in [-0.1, -0.05) is 0 Å². The molecule has 0 aromatic rings. The Balaban J connectivity index is -0.0000000180. The summed E-state index contributed by atoms with van der Waals surface area (Å²) in [7, 11) is 0. The minimum absolute atomic E-state index is 0. The first-order valence-electron chi connectivity index (χ1n) is 2.83. The first-order valence-corrected chi connectivity index (χ1v) is 8.49. The van der Waals surface area contributed by atoms with Crippen molar-refractivity contribution in [1.82, 2.24) is 0 Å². The molecule has 100 valence electrons. The predicted octanol–water partition coefficient (Wildman–Crippen LogP) is -10.1. The predicted molar refractivity (Wildman–Crippen MR) is 38.6 cm³/mol. The zero-order valence-electron chi connectivity index (χ0n) is 8.86. The van der Waals surface area contributed by atoms with E-state index in [1.807, 2.05) is 0 Å². The molecule has 0 atom stereocenters. The first kappa shape index (κ1) is 42.8. The molecule has 0 N–H and O–H groups in total. The van der Waals surface area contributed by atoms with E-state index in [9.17, 15) is 0 Å². The van der Waals surface area contributed by atoms with Crippen molar-refractivity contribution < 1.29 is 78.9 Å². The Hall–Kier alpha value is 1.85. The van der Waals surface area contributed by atoms with Crippen LogP contribution in [-0.4, -0.2) is 92.9 Å². The van der Waals surface area contributed by atoms with Crippen LogP contribution in [0, 0.1) is 31.1 Å². The van der Waals surface area contributed by atoms with Crippen molar-refractivity contribution in [3.05, 3.63) is 0 Å². The van der Waals surface area contributed by atoms with Crippen molar-refractivity contribution >= 4 is 92.9 Å². The van der Waals surface area contributed by atoms with Gasteiger partial charge in [0.05, 0.1) is 0 Å². The van der Waals surface area contributed by atoms with E-state index >= 15 is 0 Å². The van der Waals surface area contributed by atoms with E-state index in [-0.39, 0.29) is 31.1 Å². The van der Waals surface area contributed by atoms with Crippen LogP contribution in [0.3, 0.4) is 0 Å². The Kier molecular flexibility index (Phi) is 258. The number of rotatable bonds is 0. The molecular weight excluding hydrogens is 592 g/mol. The van der Waals surface area contributed by atoms with Crippen LogP contribution in [0.2, 0.25) is 0 Å². The van der Waals surface area contributed by atoms with E-state index in [0.29, 0.717) is 0 Å². The van der Waals surface area contributed by atoms with Gasteiger partial charge in [-0.2, -0.15) is 0 Å². The molecule has 0 fully saturated rings. The van der Waals surface area contributed by atoms with E-state index in [1.54, 1.807) is 0 Å². The first-order chi connectivity index (χ1) is 8.49. The van der Waals surface area contributed by atoms with Crippen LogP contribution in [-0.2, 0) is 22.8 Å². The SMILES string of the molecule is [O]=[Al][O-].[O]=[Al][O-].[O]=[Al][O-].[O]=[Al][O-].[O]=[Al][O-].[O]=[Al][O-].[U]. The fourth-order valence-electron chi connectivity index (χ4n) is 0. The molecule has 19 heavy (non-hydrogen) atoms. The van der Waals surface area contributed by atoms with Gasteiger partial charge < -0.3 is 0 Å². The molecule has 0 amide bonds. The minimum Gasteiger partial charge on any atom is 0 e. The zero-order valence-corrected chi connectivity index (χ0v) is 20.0. The molecule has 12 nitrogen and oxygen atoms in total. The Morgan fingerprint density at radius 1 is 0.368 bits per heavy atom. The maximum Gasteiger partial charge on any atom is 0 e. The van der Waals surface area contributed by atoms with Crippen molar-refractivity contribution in [3.63, 3.8) is 0 Å². The van der Waals surface area contributed by atoms with Crippen LogP contribution in [0.1, 0.15) is 0 Å². The molecule has 0 aromatic carbocycles. The average molecular weight is 592 g/mol. The molecule has 0 saturated carbocycles. The smallest absolute Gasteiger partial charge is 0 e. The second kappa shape index (κ2) is 114. The fourth-order valence-corrected chi connectivity index (χ4v) is 0. The van der Waals surface area contributed by atoms with Gasteiger partial charge in [0.2, 0.25) is 0 Å². The topological polar surface area (TPSA) is 241 Å². The molecule has 0 aliphatic heterocycles. The van der Waals surface area contributed by atoms with Crippen molar-refractivity contribution in [2.45, 2.75) is 0 Å². The van der Waals surface area contributed by atoms with E-state index in [4.69, 9.17) is 47.8 Å². The molecule has 0 saturated heterocycles. The van der Waals surface area contributed by atoms with Gasteiger partial charge in [0, 0.05) is 31.1 Å². The van der Waals surface area contributed by atoms with Gasteiger partial charge in [-0.3, -0.25) is 0 Å². The molecule has 0 aliphatic carbocycles. The quantitative estimate of drug-likeness (QED) is 0.238. The molecular formula is Al6O12U-6. The second-order valence-corrected chi connectivity index (χ2v) is 1.73. The molecule has 0 aromatic heterocycles. The Bertz CT molecular complexity index is 114. The average Bonchev–Trinajstić information content (AvgIpc) is 2.23. The van der Waals surface area contributed by atoms with Crippen LogP contribution in [0.25, 0.3) is 0 Å². The van der Waals surface area contributed by atoms with E-state index in [2.05, 4.69) is 0 Å². The maximum absolute atomic E-state index is 8.46. The van der Waals surface area contributed by atoms with Gasteiger partial charge in [0.15, 0.2) is 0 Å². The third-order valence-electron chi connectivity index (χ3n) is 0. The summed E-state index contributed by atoms with van der Waals surface area (Å²) in [6.07, 6.45) is 0. The summed E-state index contributed by atoms with van der Waals surface area (Å²) in [4.78, 5) is 0. The van der Waals surface area contributed by atoms with Crippen molar-refractivity contribution in [1.29, 1.82) is 0 Å². The summed E-state index contributed by atoms with van der Waals surface area (Å²) in [6, 6.07) is 0. The number of hydrogen-bond acceptors (Lipinski definition) is 12. The van der Waals surface area contributed by atoms with Crippen LogP contribution in [0.4, 0.5) is 0 Å². The second-order valence-electron chi connectivity index (χ2n) is 0.577. The van der Waals surface area contributed by atoms with Gasteiger partial charge in [0.1, 0.15) is 0 Å².